The molecule has 0 radical (unpaired) electrons. The van der Waals surface area contributed by atoms with Crippen molar-refractivity contribution in [3.63, 3.8) is 0 Å². The van der Waals surface area contributed by atoms with Crippen molar-refractivity contribution in [2.24, 2.45) is 5.41 Å². The Morgan fingerprint density at radius 1 is 1.10 bits per heavy atom. The molecule has 1 atom stereocenters. The lowest BCUT2D eigenvalue weighted by Gasteiger charge is -2.40. The normalized spacial score (nSPS) is 24.4. The summed E-state index contributed by atoms with van der Waals surface area (Å²) >= 11 is 0. The third-order valence-corrected chi connectivity index (χ3v) is 5.18. The molecule has 0 bridgehead atoms. The van der Waals surface area contributed by atoms with Gasteiger partial charge in [0.05, 0.1) is 0 Å². The van der Waals surface area contributed by atoms with Crippen LogP contribution < -0.4 is 5.32 Å². The molecular formula is C17H36N4. The van der Waals surface area contributed by atoms with Gasteiger partial charge in [0, 0.05) is 58.4 Å². The molecule has 1 aliphatic heterocycles. The number of hydrogen-bond acceptors (Lipinski definition) is 4. The van der Waals surface area contributed by atoms with Crippen LogP contribution in [-0.2, 0) is 0 Å². The van der Waals surface area contributed by atoms with E-state index >= 15 is 0 Å². The van der Waals surface area contributed by atoms with Crippen molar-refractivity contribution in [3.8, 4) is 0 Å². The van der Waals surface area contributed by atoms with Crippen molar-refractivity contribution >= 4 is 0 Å². The zero-order valence-corrected chi connectivity index (χ0v) is 14.7. The predicted molar refractivity (Wildman–Crippen MR) is 90.9 cm³/mol. The summed E-state index contributed by atoms with van der Waals surface area (Å²) in [5.74, 6) is 0. The van der Waals surface area contributed by atoms with Crippen molar-refractivity contribution in [3.05, 3.63) is 0 Å². The molecule has 1 saturated heterocycles. The molecule has 21 heavy (non-hydrogen) atoms. The molecule has 0 spiro atoms. The van der Waals surface area contributed by atoms with Crippen LogP contribution in [-0.4, -0.2) is 87.2 Å². The second kappa shape index (κ2) is 7.91. The molecule has 0 amide bonds. The maximum Gasteiger partial charge on any atom is 0.0110 e. The fourth-order valence-electron chi connectivity index (χ4n) is 3.02. The molecule has 2 aliphatic rings. The van der Waals surface area contributed by atoms with Gasteiger partial charge in [-0.1, -0.05) is 13.8 Å². The highest BCUT2D eigenvalue weighted by molar-refractivity contribution is 4.87. The number of rotatable bonds is 9. The summed E-state index contributed by atoms with van der Waals surface area (Å²) in [5, 5.41) is 3.74. The molecular weight excluding hydrogens is 260 g/mol. The zero-order valence-electron chi connectivity index (χ0n) is 14.7. The van der Waals surface area contributed by atoms with E-state index in [1.807, 2.05) is 0 Å². The molecule has 4 heteroatoms. The Labute approximate surface area is 131 Å². The van der Waals surface area contributed by atoms with Gasteiger partial charge >= 0.3 is 0 Å². The SMILES string of the molecule is CCC(C)(CNC1CC1)CN1CCN(CCN(C)C)CC1. The van der Waals surface area contributed by atoms with E-state index in [2.05, 4.69) is 48.0 Å². The third-order valence-electron chi connectivity index (χ3n) is 5.18. The van der Waals surface area contributed by atoms with Gasteiger partial charge in [-0.2, -0.15) is 0 Å². The molecule has 0 aromatic carbocycles. The van der Waals surface area contributed by atoms with Crippen LogP contribution in [0.1, 0.15) is 33.1 Å². The highest BCUT2D eigenvalue weighted by Crippen LogP contribution is 2.25. The molecule has 1 unspecified atom stereocenters. The number of nitrogens with one attached hydrogen (secondary N) is 1. The Balaban J connectivity index is 1.68. The van der Waals surface area contributed by atoms with Gasteiger partial charge in [0.15, 0.2) is 0 Å². The van der Waals surface area contributed by atoms with Crippen molar-refractivity contribution in [1.29, 1.82) is 0 Å². The minimum Gasteiger partial charge on any atom is -0.313 e. The predicted octanol–water partition coefficient (Wildman–Crippen LogP) is 1.33. The first-order valence-electron chi connectivity index (χ1n) is 8.83. The summed E-state index contributed by atoms with van der Waals surface area (Å²) in [6, 6.07) is 0.832. The van der Waals surface area contributed by atoms with E-state index in [-0.39, 0.29) is 0 Å². The monoisotopic (exact) mass is 296 g/mol. The minimum absolute atomic E-state index is 0.439. The van der Waals surface area contributed by atoms with Crippen LogP contribution in [0.3, 0.4) is 0 Å². The Bertz CT molecular complexity index is 295. The quantitative estimate of drug-likeness (QED) is 0.693. The van der Waals surface area contributed by atoms with Crippen molar-refractivity contribution < 1.29 is 0 Å². The summed E-state index contributed by atoms with van der Waals surface area (Å²) in [7, 11) is 4.33. The average molecular weight is 297 g/mol. The zero-order chi connectivity index (χ0) is 15.3. The average Bonchev–Trinajstić information content (AvgIpc) is 3.29. The van der Waals surface area contributed by atoms with Gasteiger partial charge in [-0.3, -0.25) is 4.90 Å². The van der Waals surface area contributed by atoms with Crippen LogP contribution in [0.4, 0.5) is 0 Å². The molecule has 2 rings (SSSR count). The fourth-order valence-corrected chi connectivity index (χ4v) is 3.02. The van der Waals surface area contributed by atoms with E-state index in [1.54, 1.807) is 0 Å². The first-order chi connectivity index (χ1) is 10.0. The largest absolute Gasteiger partial charge is 0.313 e. The summed E-state index contributed by atoms with van der Waals surface area (Å²) in [6.07, 6.45) is 4.06. The van der Waals surface area contributed by atoms with Gasteiger partial charge in [0.2, 0.25) is 0 Å². The lowest BCUT2D eigenvalue weighted by atomic mass is 9.86. The van der Waals surface area contributed by atoms with Gasteiger partial charge in [-0.15, -0.1) is 0 Å². The van der Waals surface area contributed by atoms with Crippen LogP contribution in [0.5, 0.6) is 0 Å². The van der Waals surface area contributed by atoms with Gasteiger partial charge in [-0.25, -0.2) is 0 Å². The summed E-state index contributed by atoms with van der Waals surface area (Å²) < 4.78 is 0. The number of piperazine rings is 1. The number of likely N-dealkylation sites (N-methyl/N-ethyl adjacent to an activating group) is 1. The van der Waals surface area contributed by atoms with Crippen LogP contribution >= 0.6 is 0 Å². The third kappa shape index (κ3) is 6.23. The fraction of sp³-hybridized carbons (Fsp3) is 1.00. The van der Waals surface area contributed by atoms with Crippen LogP contribution in [0.2, 0.25) is 0 Å². The first kappa shape index (κ1) is 17.2. The second-order valence-electron chi connectivity index (χ2n) is 7.74. The molecule has 1 heterocycles. The Hall–Kier alpha value is -0.160. The highest BCUT2D eigenvalue weighted by atomic mass is 15.3. The number of nitrogens with zero attached hydrogens (tertiary/aromatic N) is 3. The molecule has 0 aromatic heterocycles. The van der Waals surface area contributed by atoms with E-state index in [0.717, 1.165) is 6.04 Å². The van der Waals surface area contributed by atoms with Crippen molar-refractivity contribution in [2.45, 2.75) is 39.2 Å². The number of hydrogen-bond donors (Lipinski definition) is 1. The smallest absolute Gasteiger partial charge is 0.0110 e. The Morgan fingerprint density at radius 3 is 2.24 bits per heavy atom. The molecule has 2 fully saturated rings. The van der Waals surface area contributed by atoms with E-state index in [1.165, 1.54) is 71.6 Å². The van der Waals surface area contributed by atoms with Crippen molar-refractivity contribution in [1.82, 2.24) is 20.0 Å². The molecule has 4 nitrogen and oxygen atoms in total. The highest BCUT2D eigenvalue weighted by Gasteiger charge is 2.30. The molecule has 0 aromatic rings. The van der Waals surface area contributed by atoms with E-state index in [4.69, 9.17) is 0 Å². The van der Waals surface area contributed by atoms with Crippen LogP contribution in [0.15, 0.2) is 0 Å². The van der Waals surface area contributed by atoms with Gasteiger partial charge in [0.1, 0.15) is 0 Å². The van der Waals surface area contributed by atoms with E-state index < -0.39 is 0 Å². The lowest BCUT2D eigenvalue weighted by Crippen LogP contribution is -2.52. The first-order valence-corrected chi connectivity index (χ1v) is 8.83. The van der Waals surface area contributed by atoms with Gasteiger partial charge in [0.25, 0.3) is 0 Å². The lowest BCUT2D eigenvalue weighted by molar-refractivity contribution is 0.0847. The topological polar surface area (TPSA) is 21.8 Å². The van der Waals surface area contributed by atoms with Crippen LogP contribution in [0.25, 0.3) is 0 Å². The molecule has 1 saturated carbocycles. The molecule has 1 N–H and O–H groups in total. The van der Waals surface area contributed by atoms with E-state index in [9.17, 15) is 0 Å². The summed E-state index contributed by atoms with van der Waals surface area (Å²) in [4.78, 5) is 7.58. The van der Waals surface area contributed by atoms with Crippen LogP contribution in [0, 0.1) is 5.41 Å². The summed E-state index contributed by atoms with van der Waals surface area (Å²) in [6.45, 7) is 14.6. The maximum absolute atomic E-state index is 3.74. The standard InChI is InChI=1S/C17H36N4/c1-5-17(2,14-18-16-6-7-16)15-21-12-10-20(11-13-21)9-8-19(3)4/h16,18H,5-15H2,1-4H3. The van der Waals surface area contributed by atoms with Crippen molar-refractivity contribution in [2.75, 3.05) is 66.5 Å². The van der Waals surface area contributed by atoms with Gasteiger partial charge in [-0.05, 0) is 38.8 Å². The Kier molecular flexibility index (Phi) is 6.48. The summed E-state index contributed by atoms with van der Waals surface area (Å²) in [5.41, 5.74) is 0.439. The minimum atomic E-state index is 0.439. The maximum atomic E-state index is 3.74. The van der Waals surface area contributed by atoms with E-state index in [0.29, 0.717) is 5.41 Å². The van der Waals surface area contributed by atoms with Gasteiger partial charge < -0.3 is 15.1 Å². The molecule has 124 valence electrons. The molecule has 1 aliphatic carbocycles. The Morgan fingerprint density at radius 2 is 1.71 bits per heavy atom. The second-order valence-corrected chi connectivity index (χ2v) is 7.74.